The van der Waals surface area contributed by atoms with Crippen molar-refractivity contribution in [1.29, 1.82) is 0 Å². The average Bonchev–Trinajstić information content (AvgIpc) is 3.23. The molecule has 0 radical (unpaired) electrons. The Hall–Kier alpha value is -0.330. The van der Waals surface area contributed by atoms with E-state index in [2.05, 4.69) is 46.4 Å². The third kappa shape index (κ3) is 5.51. The van der Waals surface area contributed by atoms with Crippen molar-refractivity contribution in [3.63, 3.8) is 0 Å². The van der Waals surface area contributed by atoms with Gasteiger partial charge in [-0.2, -0.15) is 0 Å². The monoisotopic (exact) mass is 551 g/mol. The van der Waals surface area contributed by atoms with Gasteiger partial charge < -0.3 is 14.7 Å². The van der Waals surface area contributed by atoms with Gasteiger partial charge in [0, 0.05) is 18.5 Å². The largest absolute Gasteiger partial charge is 0.461 e. The standard InChI is InChI=1S/C31H53NO3S2/c1-7-10-20(4)24-13-14-25-23-12-11-21-17-22(33)15-16-30(21,5)26(23)18-27(31(24,25)6)35-28(34)19-37-29(36)32(8-2)9-3/h20-27,33H,7-19H2,1-6H3/t20-,21-,22-,23+,24-,25+,26+,27+,30+,31-/m1/s1. The number of hydrogen-bond acceptors (Lipinski definition) is 5. The second-order valence-corrected chi connectivity index (χ2v) is 15.0. The zero-order valence-corrected chi connectivity index (χ0v) is 26.0. The summed E-state index contributed by atoms with van der Waals surface area (Å²) in [6.07, 6.45) is 11.5. The molecular formula is C31H53NO3S2. The lowest BCUT2D eigenvalue weighted by Crippen LogP contribution is -2.59. The number of hydrogen-bond donors (Lipinski definition) is 1. The quantitative estimate of drug-likeness (QED) is 0.252. The van der Waals surface area contributed by atoms with Crippen molar-refractivity contribution in [1.82, 2.24) is 4.90 Å². The van der Waals surface area contributed by atoms with Crippen LogP contribution in [0.4, 0.5) is 0 Å². The summed E-state index contributed by atoms with van der Waals surface area (Å²) in [5.41, 5.74) is 0.327. The van der Waals surface area contributed by atoms with Crippen LogP contribution in [0.2, 0.25) is 0 Å². The van der Waals surface area contributed by atoms with Gasteiger partial charge in [-0.05, 0) is 106 Å². The first kappa shape index (κ1) is 29.6. The number of nitrogens with zero attached hydrogens (tertiary/aromatic N) is 1. The predicted molar refractivity (Wildman–Crippen MR) is 159 cm³/mol. The van der Waals surface area contributed by atoms with Gasteiger partial charge >= 0.3 is 5.97 Å². The lowest BCUT2D eigenvalue weighted by atomic mass is 9.43. The second kappa shape index (κ2) is 12.0. The second-order valence-electron chi connectivity index (χ2n) is 13.3. The molecule has 4 saturated carbocycles. The maximum Gasteiger partial charge on any atom is 0.316 e. The van der Waals surface area contributed by atoms with Crippen LogP contribution in [-0.2, 0) is 9.53 Å². The lowest BCUT2D eigenvalue weighted by Gasteiger charge is -2.62. The van der Waals surface area contributed by atoms with Crippen molar-refractivity contribution in [3.8, 4) is 0 Å². The number of ether oxygens (including phenoxy) is 1. The summed E-state index contributed by atoms with van der Waals surface area (Å²) in [6.45, 7) is 15.7. The minimum atomic E-state index is -0.130. The van der Waals surface area contributed by atoms with Crippen molar-refractivity contribution in [2.45, 2.75) is 118 Å². The van der Waals surface area contributed by atoms with Crippen LogP contribution in [0.25, 0.3) is 0 Å². The van der Waals surface area contributed by atoms with E-state index in [9.17, 15) is 9.90 Å². The van der Waals surface area contributed by atoms with Crippen LogP contribution in [0.3, 0.4) is 0 Å². The molecule has 0 heterocycles. The molecule has 0 aromatic carbocycles. The van der Waals surface area contributed by atoms with E-state index in [0.717, 1.165) is 49.0 Å². The maximum atomic E-state index is 13.4. The molecule has 4 aliphatic rings. The van der Waals surface area contributed by atoms with E-state index in [-0.39, 0.29) is 29.0 Å². The summed E-state index contributed by atoms with van der Waals surface area (Å²) in [4.78, 5) is 15.5. The van der Waals surface area contributed by atoms with E-state index < -0.39 is 0 Å². The highest BCUT2D eigenvalue weighted by Gasteiger charge is 2.65. The van der Waals surface area contributed by atoms with E-state index in [1.807, 2.05) is 0 Å². The van der Waals surface area contributed by atoms with E-state index in [4.69, 9.17) is 17.0 Å². The summed E-state index contributed by atoms with van der Waals surface area (Å²) >= 11 is 7.07. The molecule has 4 nitrogen and oxygen atoms in total. The van der Waals surface area contributed by atoms with Crippen LogP contribution in [0.5, 0.6) is 0 Å². The fourth-order valence-corrected chi connectivity index (χ4v) is 11.0. The third-order valence-electron chi connectivity index (χ3n) is 11.8. The van der Waals surface area contributed by atoms with E-state index in [1.165, 1.54) is 50.3 Å². The molecule has 0 bridgehead atoms. The lowest BCUT2D eigenvalue weighted by molar-refractivity contribution is -0.195. The number of esters is 1. The number of thioether (sulfide) groups is 1. The maximum absolute atomic E-state index is 13.4. The summed E-state index contributed by atoms with van der Waals surface area (Å²) in [7, 11) is 0. The number of rotatable bonds is 8. The van der Waals surface area contributed by atoms with Crippen LogP contribution in [-0.4, -0.2) is 51.3 Å². The van der Waals surface area contributed by atoms with Gasteiger partial charge in [-0.15, -0.1) is 0 Å². The van der Waals surface area contributed by atoms with Gasteiger partial charge in [-0.1, -0.05) is 64.5 Å². The van der Waals surface area contributed by atoms with Gasteiger partial charge in [0.15, 0.2) is 0 Å². The molecule has 0 aromatic rings. The molecule has 1 N–H and O–H groups in total. The molecule has 10 atom stereocenters. The van der Waals surface area contributed by atoms with Crippen LogP contribution >= 0.6 is 24.0 Å². The molecule has 0 unspecified atom stereocenters. The fraction of sp³-hybridized carbons (Fsp3) is 0.935. The first-order valence-corrected chi connectivity index (χ1v) is 16.8. The average molecular weight is 552 g/mol. The zero-order valence-electron chi connectivity index (χ0n) is 24.3. The van der Waals surface area contributed by atoms with Gasteiger partial charge in [-0.25, -0.2) is 0 Å². The zero-order chi connectivity index (χ0) is 27.0. The molecular weight excluding hydrogens is 498 g/mol. The number of fused-ring (bicyclic) bond motifs is 5. The Balaban J connectivity index is 1.58. The van der Waals surface area contributed by atoms with Gasteiger partial charge in [0.05, 0.1) is 11.9 Å². The molecule has 37 heavy (non-hydrogen) atoms. The molecule has 4 aliphatic carbocycles. The molecule has 4 fully saturated rings. The first-order valence-electron chi connectivity index (χ1n) is 15.4. The van der Waals surface area contributed by atoms with Gasteiger partial charge in [-0.3, -0.25) is 4.79 Å². The van der Waals surface area contributed by atoms with E-state index in [0.29, 0.717) is 35.3 Å². The number of thiocarbonyl (C=S) groups is 1. The Bertz CT molecular complexity index is 818. The molecule has 6 heteroatoms. The smallest absolute Gasteiger partial charge is 0.316 e. The van der Waals surface area contributed by atoms with Gasteiger partial charge in [0.2, 0.25) is 0 Å². The third-order valence-corrected chi connectivity index (χ3v) is 13.3. The Morgan fingerprint density at radius 2 is 1.81 bits per heavy atom. The normalized spacial score (nSPS) is 41.8. The Morgan fingerprint density at radius 3 is 2.49 bits per heavy atom. The van der Waals surface area contributed by atoms with Crippen molar-refractivity contribution < 1.29 is 14.6 Å². The number of carbonyl (C=O) groups is 1. The Labute approximate surface area is 236 Å². The van der Waals surface area contributed by atoms with Crippen LogP contribution in [0, 0.1) is 46.3 Å². The summed E-state index contributed by atoms with van der Waals surface area (Å²) in [6, 6.07) is 0. The first-order chi connectivity index (χ1) is 17.6. The number of aliphatic hydroxyl groups is 1. The fourth-order valence-electron chi connectivity index (χ4n) is 9.85. The van der Waals surface area contributed by atoms with Crippen LogP contribution in [0.15, 0.2) is 0 Å². The minimum absolute atomic E-state index is 0.0110. The number of aliphatic hydroxyl groups excluding tert-OH is 1. The molecule has 0 amide bonds. The van der Waals surface area contributed by atoms with E-state index >= 15 is 0 Å². The van der Waals surface area contributed by atoms with Crippen LogP contribution in [0.1, 0.15) is 106 Å². The Kier molecular flexibility index (Phi) is 9.65. The van der Waals surface area contributed by atoms with E-state index in [1.54, 1.807) is 0 Å². The topological polar surface area (TPSA) is 49.8 Å². The van der Waals surface area contributed by atoms with Crippen molar-refractivity contribution >= 4 is 34.3 Å². The van der Waals surface area contributed by atoms with Gasteiger partial charge in [0.1, 0.15) is 10.4 Å². The summed E-state index contributed by atoms with van der Waals surface area (Å²) < 4.78 is 7.37. The summed E-state index contributed by atoms with van der Waals surface area (Å²) in [5.74, 6) is 4.09. The highest BCUT2D eigenvalue weighted by Crippen LogP contribution is 2.69. The minimum Gasteiger partial charge on any atom is -0.461 e. The Morgan fingerprint density at radius 1 is 1.08 bits per heavy atom. The molecule has 0 spiro atoms. The van der Waals surface area contributed by atoms with Crippen LogP contribution < -0.4 is 0 Å². The molecule has 0 aromatic heterocycles. The molecule has 4 rings (SSSR count). The molecule has 0 aliphatic heterocycles. The highest BCUT2D eigenvalue weighted by molar-refractivity contribution is 8.23. The van der Waals surface area contributed by atoms with Gasteiger partial charge in [0.25, 0.3) is 0 Å². The number of carbonyl (C=O) groups excluding carboxylic acids is 1. The predicted octanol–water partition coefficient (Wildman–Crippen LogP) is 7.32. The highest BCUT2D eigenvalue weighted by atomic mass is 32.2. The SMILES string of the molecule is CCC[C@@H](C)[C@H]1CC[C@H]2[C@@H]3CC[C@@H]4C[C@H](O)CC[C@]4(C)[C@H]3C[C@H](OC(=O)CSC(=S)N(CC)CC)[C@]12C. The van der Waals surface area contributed by atoms with Crippen molar-refractivity contribution in [2.75, 3.05) is 18.8 Å². The molecule has 0 saturated heterocycles. The van der Waals surface area contributed by atoms with Crippen molar-refractivity contribution in [3.05, 3.63) is 0 Å². The van der Waals surface area contributed by atoms with Crippen molar-refractivity contribution in [2.24, 2.45) is 46.3 Å². The molecule has 212 valence electrons. The summed E-state index contributed by atoms with van der Waals surface area (Å²) in [5, 5.41) is 10.5.